The van der Waals surface area contributed by atoms with Gasteiger partial charge in [0.25, 0.3) is 0 Å². The van der Waals surface area contributed by atoms with Crippen LogP contribution in [0.3, 0.4) is 0 Å². The molecule has 0 bridgehead atoms. The largest absolute Gasteiger partial charge is 0.491 e. The van der Waals surface area contributed by atoms with Crippen molar-refractivity contribution in [1.82, 2.24) is 5.32 Å². The zero-order valence-electron chi connectivity index (χ0n) is 15.0. The second kappa shape index (κ2) is 9.98. The van der Waals surface area contributed by atoms with Crippen LogP contribution in [0.25, 0.3) is 0 Å². The molecule has 2 aromatic carbocycles. The molecule has 1 heterocycles. The molecule has 0 aliphatic carbocycles. The Morgan fingerprint density at radius 3 is 2.70 bits per heavy atom. The van der Waals surface area contributed by atoms with Crippen LogP contribution in [-0.2, 0) is 22.5 Å². The highest BCUT2D eigenvalue weighted by Crippen LogP contribution is 2.22. The molecule has 1 fully saturated rings. The molecule has 1 amide bonds. The Kier molecular flexibility index (Phi) is 7.39. The molecule has 1 saturated heterocycles. The number of rotatable bonds is 8. The first kappa shape index (κ1) is 20.0. The lowest BCUT2D eigenvalue weighted by Gasteiger charge is -2.12. The molecule has 1 N–H and O–H groups in total. The third-order valence-corrected chi connectivity index (χ3v) is 5.10. The molecule has 6 heteroatoms. The van der Waals surface area contributed by atoms with E-state index in [-0.39, 0.29) is 12.0 Å². The standard InChI is InChI=1S/C21H23Cl2NO3/c22-17-7-5-16(20(23)12-17)6-10-21(25)24-13-15-3-8-18(9-4-15)27-14-19-2-1-11-26-19/h3-5,7-9,12,19H,1-2,6,10-11,13-14H2,(H,24,25). The molecule has 0 spiro atoms. The smallest absolute Gasteiger partial charge is 0.220 e. The normalized spacial score (nSPS) is 16.3. The number of hydrogen-bond donors (Lipinski definition) is 1. The summed E-state index contributed by atoms with van der Waals surface area (Å²) in [7, 11) is 0. The first-order valence-electron chi connectivity index (χ1n) is 9.14. The third-order valence-electron chi connectivity index (χ3n) is 4.51. The van der Waals surface area contributed by atoms with Crippen molar-refractivity contribution in [3.05, 3.63) is 63.6 Å². The highest BCUT2D eigenvalue weighted by Gasteiger charge is 2.15. The maximum absolute atomic E-state index is 12.1. The maximum atomic E-state index is 12.1. The van der Waals surface area contributed by atoms with Crippen LogP contribution in [-0.4, -0.2) is 25.2 Å². The molecular formula is C21H23Cl2NO3. The molecule has 144 valence electrons. The summed E-state index contributed by atoms with van der Waals surface area (Å²) in [5.41, 5.74) is 1.95. The van der Waals surface area contributed by atoms with Gasteiger partial charge in [-0.05, 0) is 54.7 Å². The van der Waals surface area contributed by atoms with Crippen LogP contribution in [0.2, 0.25) is 10.0 Å². The molecule has 0 radical (unpaired) electrons. The van der Waals surface area contributed by atoms with E-state index in [0.717, 1.165) is 36.3 Å². The number of hydrogen-bond acceptors (Lipinski definition) is 3. The number of amides is 1. The van der Waals surface area contributed by atoms with E-state index >= 15 is 0 Å². The van der Waals surface area contributed by atoms with Gasteiger partial charge in [0.1, 0.15) is 12.4 Å². The van der Waals surface area contributed by atoms with Crippen molar-refractivity contribution in [1.29, 1.82) is 0 Å². The Hall–Kier alpha value is -1.75. The highest BCUT2D eigenvalue weighted by molar-refractivity contribution is 6.35. The average molecular weight is 408 g/mol. The number of halogens is 2. The summed E-state index contributed by atoms with van der Waals surface area (Å²) in [6.45, 7) is 1.90. The first-order valence-corrected chi connectivity index (χ1v) is 9.90. The fraction of sp³-hybridized carbons (Fsp3) is 0.381. The molecule has 3 rings (SSSR count). The number of carbonyl (C=O) groups is 1. The van der Waals surface area contributed by atoms with Crippen LogP contribution < -0.4 is 10.1 Å². The molecule has 1 aliphatic heterocycles. The summed E-state index contributed by atoms with van der Waals surface area (Å²) in [4.78, 5) is 12.1. The van der Waals surface area contributed by atoms with E-state index < -0.39 is 0 Å². The van der Waals surface area contributed by atoms with Crippen molar-refractivity contribution in [2.75, 3.05) is 13.2 Å². The Morgan fingerprint density at radius 2 is 2.00 bits per heavy atom. The van der Waals surface area contributed by atoms with Gasteiger partial charge in [-0.3, -0.25) is 4.79 Å². The molecule has 27 heavy (non-hydrogen) atoms. The van der Waals surface area contributed by atoms with Gasteiger partial charge in [-0.1, -0.05) is 41.4 Å². The van der Waals surface area contributed by atoms with Crippen molar-refractivity contribution in [2.24, 2.45) is 0 Å². The van der Waals surface area contributed by atoms with E-state index in [9.17, 15) is 4.79 Å². The SMILES string of the molecule is O=C(CCc1ccc(Cl)cc1Cl)NCc1ccc(OCC2CCCO2)cc1. The summed E-state index contributed by atoms with van der Waals surface area (Å²) in [6.07, 6.45) is 3.34. The van der Waals surface area contributed by atoms with Crippen LogP contribution in [0.15, 0.2) is 42.5 Å². The van der Waals surface area contributed by atoms with E-state index in [4.69, 9.17) is 32.7 Å². The van der Waals surface area contributed by atoms with Crippen LogP contribution in [0.4, 0.5) is 0 Å². The average Bonchev–Trinajstić information content (AvgIpc) is 3.18. The summed E-state index contributed by atoms with van der Waals surface area (Å²) in [6, 6.07) is 13.1. The fourth-order valence-electron chi connectivity index (χ4n) is 2.93. The molecule has 0 saturated carbocycles. The predicted molar refractivity (Wildman–Crippen MR) is 108 cm³/mol. The van der Waals surface area contributed by atoms with Gasteiger partial charge < -0.3 is 14.8 Å². The Labute approximate surface area is 169 Å². The van der Waals surface area contributed by atoms with Crippen molar-refractivity contribution in [3.8, 4) is 5.75 Å². The lowest BCUT2D eigenvalue weighted by molar-refractivity contribution is -0.121. The van der Waals surface area contributed by atoms with E-state index in [2.05, 4.69) is 5.32 Å². The van der Waals surface area contributed by atoms with Crippen molar-refractivity contribution in [2.45, 2.75) is 38.3 Å². The van der Waals surface area contributed by atoms with Crippen LogP contribution in [0, 0.1) is 0 Å². The van der Waals surface area contributed by atoms with E-state index in [1.54, 1.807) is 12.1 Å². The second-order valence-corrected chi connectivity index (χ2v) is 7.45. The molecule has 1 atom stereocenters. The topological polar surface area (TPSA) is 47.6 Å². The van der Waals surface area contributed by atoms with E-state index in [1.165, 1.54) is 0 Å². The van der Waals surface area contributed by atoms with E-state index in [1.807, 2.05) is 30.3 Å². The van der Waals surface area contributed by atoms with Gasteiger partial charge in [0.05, 0.1) is 6.10 Å². The zero-order valence-corrected chi connectivity index (χ0v) is 16.6. The number of nitrogens with one attached hydrogen (secondary N) is 1. The first-order chi connectivity index (χ1) is 13.1. The van der Waals surface area contributed by atoms with Gasteiger partial charge in [-0.2, -0.15) is 0 Å². The van der Waals surface area contributed by atoms with Gasteiger partial charge in [0, 0.05) is 29.6 Å². The summed E-state index contributed by atoms with van der Waals surface area (Å²) >= 11 is 12.0. The van der Waals surface area contributed by atoms with Gasteiger partial charge in [-0.25, -0.2) is 0 Å². The molecule has 1 aliphatic rings. The van der Waals surface area contributed by atoms with Gasteiger partial charge in [-0.15, -0.1) is 0 Å². The van der Waals surface area contributed by atoms with Crippen molar-refractivity contribution in [3.63, 3.8) is 0 Å². The molecular weight excluding hydrogens is 385 g/mol. The van der Waals surface area contributed by atoms with Gasteiger partial charge in [0.2, 0.25) is 5.91 Å². The quantitative estimate of drug-likeness (QED) is 0.683. The fourth-order valence-corrected chi connectivity index (χ4v) is 3.43. The van der Waals surface area contributed by atoms with Crippen molar-refractivity contribution >= 4 is 29.1 Å². The Morgan fingerprint density at radius 1 is 1.19 bits per heavy atom. The zero-order chi connectivity index (χ0) is 19.1. The highest BCUT2D eigenvalue weighted by atomic mass is 35.5. The summed E-state index contributed by atoms with van der Waals surface area (Å²) < 4.78 is 11.3. The number of benzene rings is 2. The minimum absolute atomic E-state index is 0.0141. The van der Waals surface area contributed by atoms with E-state index in [0.29, 0.717) is 36.0 Å². The lowest BCUT2D eigenvalue weighted by atomic mass is 10.1. The van der Waals surface area contributed by atoms with Gasteiger partial charge >= 0.3 is 0 Å². The van der Waals surface area contributed by atoms with Crippen LogP contribution in [0.1, 0.15) is 30.4 Å². The maximum Gasteiger partial charge on any atom is 0.220 e. The third kappa shape index (κ3) is 6.42. The number of ether oxygens (including phenoxy) is 2. The minimum Gasteiger partial charge on any atom is -0.491 e. The van der Waals surface area contributed by atoms with Crippen LogP contribution >= 0.6 is 23.2 Å². The van der Waals surface area contributed by atoms with Crippen LogP contribution in [0.5, 0.6) is 5.75 Å². The number of carbonyl (C=O) groups excluding carboxylic acids is 1. The Balaban J connectivity index is 1.39. The molecule has 0 aromatic heterocycles. The summed E-state index contributed by atoms with van der Waals surface area (Å²) in [5.74, 6) is 0.803. The lowest BCUT2D eigenvalue weighted by Crippen LogP contribution is -2.23. The Bertz CT molecular complexity index is 759. The minimum atomic E-state index is -0.0141. The molecule has 1 unspecified atom stereocenters. The monoisotopic (exact) mass is 407 g/mol. The second-order valence-electron chi connectivity index (χ2n) is 6.60. The number of aryl methyl sites for hydroxylation is 1. The van der Waals surface area contributed by atoms with Crippen molar-refractivity contribution < 1.29 is 14.3 Å². The summed E-state index contributed by atoms with van der Waals surface area (Å²) in [5, 5.41) is 4.11. The van der Waals surface area contributed by atoms with Gasteiger partial charge in [0.15, 0.2) is 0 Å². The predicted octanol–water partition coefficient (Wildman–Crippen LogP) is 4.80. The molecule has 2 aromatic rings. The molecule has 4 nitrogen and oxygen atoms in total.